The molecule has 0 radical (unpaired) electrons. The summed E-state index contributed by atoms with van der Waals surface area (Å²) in [5, 5.41) is 13.3. The Morgan fingerprint density at radius 1 is 1.30 bits per heavy atom. The van der Waals surface area contributed by atoms with Crippen molar-refractivity contribution in [3.05, 3.63) is 35.9 Å². The van der Waals surface area contributed by atoms with Crippen LogP contribution in [-0.4, -0.2) is 42.8 Å². The number of hydrogen-bond acceptors (Lipinski definition) is 3. The molecule has 1 saturated heterocycles. The first-order chi connectivity index (χ1) is 9.77. The zero-order valence-corrected chi connectivity index (χ0v) is 12.4. The molecule has 1 aliphatic carbocycles. The van der Waals surface area contributed by atoms with E-state index in [9.17, 15) is 5.11 Å². The molecule has 3 nitrogen and oxygen atoms in total. The number of hydrogen-bond donors (Lipinski definition) is 2. The normalized spacial score (nSPS) is 28.7. The predicted molar refractivity (Wildman–Crippen MR) is 81.6 cm³/mol. The molecule has 0 spiro atoms. The van der Waals surface area contributed by atoms with Crippen molar-refractivity contribution in [1.82, 2.24) is 10.2 Å². The maximum absolute atomic E-state index is 9.95. The molecular weight excluding hydrogens is 248 g/mol. The van der Waals surface area contributed by atoms with Crippen LogP contribution in [0.2, 0.25) is 0 Å². The van der Waals surface area contributed by atoms with Gasteiger partial charge in [-0.25, -0.2) is 0 Å². The minimum atomic E-state index is -0.302. The highest BCUT2D eigenvalue weighted by Crippen LogP contribution is 2.38. The Kier molecular flexibility index (Phi) is 4.11. The smallest absolute Gasteiger partial charge is 0.0678 e. The summed E-state index contributed by atoms with van der Waals surface area (Å²) in [5.74, 6) is 0.940. The lowest BCUT2D eigenvalue weighted by atomic mass is 9.87. The van der Waals surface area contributed by atoms with Gasteiger partial charge < -0.3 is 15.3 Å². The van der Waals surface area contributed by atoms with Gasteiger partial charge in [-0.05, 0) is 44.2 Å². The number of benzene rings is 1. The molecule has 2 aliphatic rings. The minimum absolute atomic E-state index is 0.148. The lowest BCUT2D eigenvalue weighted by Gasteiger charge is -2.36. The first-order valence-corrected chi connectivity index (χ1v) is 7.87. The Hall–Kier alpha value is -0.900. The number of nitrogens with zero attached hydrogens (tertiary/aromatic N) is 1. The third-order valence-corrected chi connectivity index (χ3v) is 5.42. The van der Waals surface area contributed by atoms with Gasteiger partial charge in [0.25, 0.3) is 0 Å². The molecule has 1 saturated carbocycles. The second-order valence-electron chi connectivity index (χ2n) is 6.43. The van der Waals surface area contributed by atoms with Crippen molar-refractivity contribution >= 4 is 0 Å². The van der Waals surface area contributed by atoms with Gasteiger partial charge in [-0.3, -0.25) is 0 Å². The van der Waals surface area contributed by atoms with Gasteiger partial charge in [0.15, 0.2) is 0 Å². The summed E-state index contributed by atoms with van der Waals surface area (Å²) in [7, 11) is 1.96. The van der Waals surface area contributed by atoms with Crippen molar-refractivity contribution in [2.24, 2.45) is 5.92 Å². The van der Waals surface area contributed by atoms with E-state index in [0.717, 1.165) is 24.9 Å². The average Bonchev–Trinajstić information content (AvgIpc) is 3.13. The van der Waals surface area contributed by atoms with Gasteiger partial charge in [0.05, 0.1) is 12.1 Å². The van der Waals surface area contributed by atoms with E-state index in [2.05, 4.69) is 34.5 Å². The predicted octanol–water partition coefficient (Wildman–Crippen LogP) is 1.97. The fourth-order valence-corrected chi connectivity index (χ4v) is 4.06. The topological polar surface area (TPSA) is 35.5 Å². The molecule has 2 bridgehead atoms. The molecule has 1 aliphatic heterocycles. The largest absolute Gasteiger partial charge is 0.394 e. The summed E-state index contributed by atoms with van der Waals surface area (Å²) in [5.41, 5.74) is 0.887. The maximum atomic E-state index is 9.95. The Labute approximate surface area is 122 Å². The number of rotatable bonds is 6. The van der Waals surface area contributed by atoms with Crippen LogP contribution in [0.5, 0.6) is 0 Å². The number of aliphatic hydroxyl groups excluding tert-OH is 1. The van der Waals surface area contributed by atoms with Gasteiger partial charge in [-0.1, -0.05) is 30.3 Å². The molecule has 1 aromatic rings. The number of nitrogens with one attached hydrogen (secondary N) is 1. The summed E-state index contributed by atoms with van der Waals surface area (Å²) in [6.07, 6.45) is 5.17. The van der Waals surface area contributed by atoms with E-state index in [1.54, 1.807) is 0 Å². The fraction of sp³-hybridized carbons (Fsp3) is 0.647. The van der Waals surface area contributed by atoms with Crippen LogP contribution in [-0.2, 0) is 5.54 Å². The van der Waals surface area contributed by atoms with Crippen LogP contribution in [0.15, 0.2) is 30.3 Å². The molecule has 20 heavy (non-hydrogen) atoms. The van der Waals surface area contributed by atoms with Crippen LogP contribution in [0.25, 0.3) is 0 Å². The van der Waals surface area contributed by atoms with Crippen LogP contribution in [0.4, 0.5) is 0 Å². The van der Waals surface area contributed by atoms with Gasteiger partial charge in [0.2, 0.25) is 0 Å². The molecule has 3 atom stereocenters. The van der Waals surface area contributed by atoms with Crippen LogP contribution < -0.4 is 5.32 Å². The first kappa shape index (κ1) is 14.1. The van der Waals surface area contributed by atoms with Gasteiger partial charge in [-0.15, -0.1) is 0 Å². The SMILES string of the molecule is CNC(CO)(CCN1CC2CCC1C2)c1ccccc1. The molecule has 0 amide bonds. The van der Waals surface area contributed by atoms with Gasteiger partial charge >= 0.3 is 0 Å². The summed E-state index contributed by atoms with van der Waals surface area (Å²) in [6, 6.07) is 11.2. The second kappa shape index (κ2) is 5.84. The van der Waals surface area contributed by atoms with Crippen LogP contribution in [0, 0.1) is 5.92 Å². The van der Waals surface area contributed by atoms with E-state index < -0.39 is 0 Å². The van der Waals surface area contributed by atoms with E-state index in [0.29, 0.717) is 0 Å². The second-order valence-corrected chi connectivity index (χ2v) is 6.43. The monoisotopic (exact) mass is 274 g/mol. The number of fused-ring (bicyclic) bond motifs is 2. The molecule has 1 heterocycles. The molecule has 2 fully saturated rings. The summed E-state index contributed by atoms with van der Waals surface area (Å²) >= 11 is 0. The van der Waals surface area contributed by atoms with Crippen molar-refractivity contribution < 1.29 is 5.11 Å². The lowest BCUT2D eigenvalue weighted by Crippen LogP contribution is -2.47. The molecule has 110 valence electrons. The molecule has 0 aromatic heterocycles. The van der Waals surface area contributed by atoms with E-state index in [1.807, 2.05) is 13.1 Å². The Balaban J connectivity index is 1.68. The summed E-state index contributed by atoms with van der Waals surface area (Å²) in [4.78, 5) is 2.64. The van der Waals surface area contributed by atoms with E-state index in [-0.39, 0.29) is 12.1 Å². The molecule has 1 aromatic carbocycles. The van der Waals surface area contributed by atoms with E-state index in [4.69, 9.17) is 0 Å². The average molecular weight is 274 g/mol. The molecule has 3 rings (SSSR count). The maximum Gasteiger partial charge on any atom is 0.0678 e. The summed E-state index contributed by atoms with van der Waals surface area (Å²) < 4.78 is 0. The molecule has 2 N–H and O–H groups in total. The highest BCUT2D eigenvalue weighted by molar-refractivity contribution is 5.24. The third kappa shape index (κ3) is 2.50. The Morgan fingerprint density at radius 3 is 2.65 bits per heavy atom. The number of likely N-dealkylation sites (N-methyl/N-ethyl adjacent to an activating group) is 1. The van der Waals surface area contributed by atoms with Crippen molar-refractivity contribution in [1.29, 1.82) is 0 Å². The minimum Gasteiger partial charge on any atom is -0.394 e. The quantitative estimate of drug-likeness (QED) is 0.832. The van der Waals surface area contributed by atoms with Crippen molar-refractivity contribution in [3.8, 4) is 0 Å². The van der Waals surface area contributed by atoms with Crippen molar-refractivity contribution in [2.75, 3.05) is 26.7 Å². The van der Waals surface area contributed by atoms with Crippen LogP contribution >= 0.6 is 0 Å². The number of likely N-dealkylation sites (tertiary alicyclic amines) is 1. The van der Waals surface area contributed by atoms with Crippen molar-refractivity contribution in [2.45, 2.75) is 37.3 Å². The van der Waals surface area contributed by atoms with Gasteiger partial charge in [0, 0.05) is 19.1 Å². The van der Waals surface area contributed by atoms with Crippen LogP contribution in [0.1, 0.15) is 31.2 Å². The zero-order chi connectivity index (χ0) is 14.0. The van der Waals surface area contributed by atoms with Gasteiger partial charge in [0.1, 0.15) is 0 Å². The van der Waals surface area contributed by atoms with E-state index >= 15 is 0 Å². The first-order valence-electron chi connectivity index (χ1n) is 7.87. The fourth-order valence-electron chi connectivity index (χ4n) is 4.06. The zero-order valence-electron chi connectivity index (χ0n) is 12.4. The summed E-state index contributed by atoms with van der Waals surface area (Å²) in [6.45, 7) is 2.50. The van der Waals surface area contributed by atoms with E-state index in [1.165, 1.54) is 31.4 Å². The van der Waals surface area contributed by atoms with Crippen molar-refractivity contribution in [3.63, 3.8) is 0 Å². The number of aliphatic hydroxyl groups is 1. The lowest BCUT2D eigenvalue weighted by molar-refractivity contribution is 0.127. The van der Waals surface area contributed by atoms with Crippen LogP contribution in [0.3, 0.4) is 0 Å². The molecule has 3 unspecified atom stereocenters. The Morgan fingerprint density at radius 2 is 2.10 bits per heavy atom. The van der Waals surface area contributed by atoms with Gasteiger partial charge in [-0.2, -0.15) is 0 Å². The highest BCUT2D eigenvalue weighted by atomic mass is 16.3. The number of piperidine rings is 1. The third-order valence-electron chi connectivity index (χ3n) is 5.42. The molecular formula is C17H26N2O. The standard InChI is InChI=1S/C17H26N2O/c1-18-17(13-20,15-5-3-2-4-6-15)9-10-19-12-14-7-8-16(19)11-14/h2-6,14,16,18,20H,7-13H2,1H3. The highest BCUT2D eigenvalue weighted by Gasteiger charge is 2.39. The Bertz CT molecular complexity index is 430. The molecule has 3 heteroatoms.